The van der Waals surface area contributed by atoms with E-state index in [0.29, 0.717) is 6.54 Å². The van der Waals surface area contributed by atoms with Crippen molar-refractivity contribution in [2.75, 3.05) is 44.2 Å². The molecular weight excluding hydrogens is 322 g/mol. The van der Waals surface area contributed by atoms with E-state index in [0.717, 1.165) is 45.1 Å². The normalized spacial score (nSPS) is 15.5. The Balaban J connectivity index is 0.00000200. The Morgan fingerprint density at radius 2 is 1.80 bits per heavy atom. The quantitative estimate of drug-likeness (QED) is 0.438. The van der Waals surface area contributed by atoms with Crippen molar-refractivity contribution in [1.82, 2.24) is 14.9 Å². The monoisotopic (exact) mass is 343 g/mol. The van der Waals surface area contributed by atoms with Crippen molar-refractivity contribution in [2.45, 2.75) is 6.42 Å². The molecule has 1 aliphatic heterocycles. The smallest absolute Gasteiger partial charge is 0.225 e. The Labute approximate surface area is 129 Å². The molecule has 0 aromatic carbocycles. The van der Waals surface area contributed by atoms with Crippen LogP contribution in [-0.4, -0.2) is 60.1 Å². The van der Waals surface area contributed by atoms with Gasteiger partial charge < -0.3 is 16.4 Å². The average molecular weight is 344 g/mol. The molecule has 1 aromatic heterocycles. The van der Waals surface area contributed by atoms with Crippen LogP contribution in [0.2, 0.25) is 0 Å². The van der Waals surface area contributed by atoms with Gasteiger partial charge in [-0.3, -0.25) is 9.89 Å². The molecule has 0 amide bonds. The summed E-state index contributed by atoms with van der Waals surface area (Å²) in [6.07, 6.45) is 4.55. The van der Waals surface area contributed by atoms with Crippen molar-refractivity contribution in [3.8, 4) is 0 Å². The highest BCUT2D eigenvalue weighted by molar-refractivity contribution is 8.93. The Morgan fingerprint density at radius 1 is 1.15 bits per heavy atom. The minimum Gasteiger partial charge on any atom is -0.370 e. The van der Waals surface area contributed by atoms with Gasteiger partial charge in [0, 0.05) is 51.7 Å². The van der Waals surface area contributed by atoms with Crippen molar-refractivity contribution in [3.63, 3.8) is 0 Å². The van der Waals surface area contributed by atoms with E-state index in [1.807, 2.05) is 6.07 Å². The van der Waals surface area contributed by atoms with Gasteiger partial charge in [-0.25, -0.2) is 9.97 Å². The number of aromatic nitrogens is 2. The fourth-order valence-corrected chi connectivity index (χ4v) is 2.13. The molecule has 0 spiro atoms. The van der Waals surface area contributed by atoms with Crippen LogP contribution in [0.4, 0.5) is 5.95 Å². The van der Waals surface area contributed by atoms with Crippen LogP contribution in [0.15, 0.2) is 23.5 Å². The highest BCUT2D eigenvalue weighted by Gasteiger charge is 2.17. The zero-order chi connectivity index (χ0) is 13.5. The van der Waals surface area contributed by atoms with Crippen LogP contribution in [-0.2, 0) is 0 Å². The Kier molecular flexibility index (Phi) is 7.24. The Morgan fingerprint density at radius 3 is 2.40 bits per heavy atom. The molecule has 1 aromatic rings. The Hall–Kier alpha value is -1.41. The van der Waals surface area contributed by atoms with Gasteiger partial charge in [0.05, 0.1) is 0 Å². The number of guanidine groups is 1. The molecule has 1 fully saturated rings. The summed E-state index contributed by atoms with van der Waals surface area (Å²) < 4.78 is 0. The molecule has 2 rings (SSSR count). The van der Waals surface area contributed by atoms with Crippen molar-refractivity contribution in [2.24, 2.45) is 16.5 Å². The summed E-state index contributed by atoms with van der Waals surface area (Å²) in [6.45, 7) is 5.71. The largest absolute Gasteiger partial charge is 0.370 e. The van der Waals surface area contributed by atoms with E-state index in [2.05, 4.69) is 24.8 Å². The minimum absolute atomic E-state index is 0. The maximum Gasteiger partial charge on any atom is 0.225 e. The van der Waals surface area contributed by atoms with Crippen LogP contribution >= 0.6 is 17.0 Å². The lowest BCUT2D eigenvalue weighted by Crippen LogP contribution is -2.47. The molecule has 20 heavy (non-hydrogen) atoms. The second-order valence-corrected chi connectivity index (χ2v) is 4.54. The second kappa shape index (κ2) is 8.70. The molecule has 1 aliphatic rings. The predicted octanol–water partition coefficient (Wildman–Crippen LogP) is -0.160. The molecule has 2 heterocycles. The molecule has 7 nitrogen and oxygen atoms in total. The first-order chi connectivity index (χ1) is 9.25. The molecular formula is C12H22BrN7. The van der Waals surface area contributed by atoms with Gasteiger partial charge in [0.15, 0.2) is 5.96 Å². The second-order valence-electron chi connectivity index (χ2n) is 4.54. The van der Waals surface area contributed by atoms with E-state index < -0.39 is 0 Å². The lowest BCUT2D eigenvalue weighted by Gasteiger charge is -2.34. The van der Waals surface area contributed by atoms with Crippen molar-refractivity contribution < 1.29 is 0 Å². The van der Waals surface area contributed by atoms with E-state index in [1.54, 1.807) is 12.4 Å². The first kappa shape index (κ1) is 16.6. The van der Waals surface area contributed by atoms with E-state index in [4.69, 9.17) is 11.5 Å². The van der Waals surface area contributed by atoms with Gasteiger partial charge in [-0.05, 0) is 12.5 Å². The van der Waals surface area contributed by atoms with Gasteiger partial charge in [0.25, 0.3) is 0 Å². The molecule has 0 aliphatic carbocycles. The van der Waals surface area contributed by atoms with Crippen LogP contribution in [0.1, 0.15) is 6.42 Å². The predicted molar refractivity (Wildman–Crippen MR) is 86.3 cm³/mol. The maximum atomic E-state index is 5.29. The summed E-state index contributed by atoms with van der Waals surface area (Å²) in [5, 5.41) is 0. The first-order valence-electron chi connectivity index (χ1n) is 6.55. The number of piperazine rings is 1. The van der Waals surface area contributed by atoms with Gasteiger partial charge in [0.1, 0.15) is 0 Å². The van der Waals surface area contributed by atoms with Crippen molar-refractivity contribution in [3.05, 3.63) is 18.5 Å². The van der Waals surface area contributed by atoms with Gasteiger partial charge in [-0.1, -0.05) is 0 Å². The fourth-order valence-electron chi connectivity index (χ4n) is 2.13. The van der Waals surface area contributed by atoms with Gasteiger partial charge in [-0.2, -0.15) is 0 Å². The van der Waals surface area contributed by atoms with Crippen LogP contribution in [0, 0.1) is 0 Å². The molecule has 0 unspecified atom stereocenters. The molecule has 1 saturated heterocycles. The molecule has 0 saturated carbocycles. The van der Waals surface area contributed by atoms with Gasteiger partial charge in [-0.15, -0.1) is 17.0 Å². The third kappa shape index (κ3) is 5.30. The summed E-state index contributed by atoms with van der Waals surface area (Å²) in [5.41, 5.74) is 10.6. The number of aliphatic imine (C=N–C) groups is 1. The molecule has 0 bridgehead atoms. The van der Waals surface area contributed by atoms with Crippen LogP contribution in [0.5, 0.6) is 0 Å². The average Bonchev–Trinajstić information content (AvgIpc) is 2.45. The van der Waals surface area contributed by atoms with Crippen LogP contribution < -0.4 is 16.4 Å². The number of rotatable bonds is 5. The molecule has 8 heteroatoms. The third-order valence-electron chi connectivity index (χ3n) is 3.13. The van der Waals surface area contributed by atoms with Gasteiger partial charge >= 0.3 is 0 Å². The SMILES string of the molecule is Br.NC(N)=NCCCN1CCN(c2ncccn2)CC1. The van der Waals surface area contributed by atoms with E-state index in [1.165, 1.54) is 0 Å². The van der Waals surface area contributed by atoms with Crippen molar-refractivity contribution >= 4 is 28.9 Å². The van der Waals surface area contributed by atoms with E-state index in [-0.39, 0.29) is 22.9 Å². The number of hydrogen-bond acceptors (Lipinski definition) is 5. The summed E-state index contributed by atoms with van der Waals surface area (Å²) in [7, 11) is 0. The summed E-state index contributed by atoms with van der Waals surface area (Å²) in [5.74, 6) is 0.994. The van der Waals surface area contributed by atoms with Crippen molar-refractivity contribution in [1.29, 1.82) is 0 Å². The van der Waals surface area contributed by atoms with Crippen LogP contribution in [0.3, 0.4) is 0 Å². The summed E-state index contributed by atoms with van der Waals surface area (Å²) in [4.78, 5) is 17.2. The van der Waals surface area contributed by atoms with E-state index >= 15 is 0 Å². The highest BCUT2D eigenvalue weighted by atomic mass is 79.9. The zero-order valence-electron chi connectivity index (χ0n) is 11.5. The highest BCUT2D eigenvalue weighted by Crippen LogP contribution is 2.09. The topological polar surface area (TPSA) is 96.7 Å². The number of hydrogen-bond donors (Lipinski definition) is 2. The molecule has 4 N–H and O–H groups in total. The summed E-state index contributed by atoms with van der Waals surface area (Å²) in [6, 6.07) is 1.84. The number of nitrogens with two attached hydrogens (primary N) is 2. The lowest BCUT2D eigenvalue weighted by molar-refractivity contribution is 0.255. The number of nitrogens with zero attached hydrogens (tertiary/aromatic N) is 5. The maximum absolute atomic E-state index is 5.29. The number of halogens is 1. The minimum atomic E-state index is 0. The van der Waals surface area contributed by atoms with E-state index in [9.17, 15) is 0 Å². The van der Waals surface area contributed by atoms with Gasteiger partial charge in [0.2, 0.25) is 5.95 Å². The molecule has 112 valence electrons. The lowest BCUT2D eigenvalue weighted by atomic mass is 10.3. The first-order valence-corrected chi connectivity index (χ1v) is 6.55. The molecule has 0 radical (unpaired) electrons. The van der Waals surface area contributed by atoms with Crippen LogP contribution in [0.25, 0.3) is 0 Å². The number of anilines is 1. The Bertz CT molecular complexity index is 400. The zero-order valence-corrected chi connectivity index (χ0v) is 13.2. The third-order valence-corrected chi connectivity index (χ3v) is 3.13. The standard InChI is InChI=1S/C12H21N7.BrH/c13-11(14)15-5-2-6-18-7-9-19(10-8-18)12-16-3-1-4-17-12;/h1,3-4H,2,5-10H2,(H4,13,14,15);1H. The summed E-state index contributed by atoms with van der Waals surface area (Å²) >= 11 is 0. The fraction of sp³-hybridized carbons (Fsp3) is 0.583. The molecule has 0 atom stereocenters.